The van der Waals surface area contributed by atoms with E-state index in [-0.39, 0.29) is 23.2 Å². The molecule has 0 atom stereocenters. The second-order valence-corrected chi connectivity index (χ2v) is 9.07. The first-order chi connectivity index (χ1) is 19.0. The van der Waals surface area contributed by atoms with Crippen molar-refractivity contribution in [3.05, 3.63) is 96.4 Å². The molecule has 1 fully saturated rings. The minimum Gasteiger partial charge on any atom is -0.493 e. The van der Waals surface area contributed by atoms with Crippen LogP contribution in [0.25, 0.3) is 0 Å². The molecule has 1 saturated heterocycles. The van der Waals surface area contributed by atoms with Crippen molar-refractivity contribution < 1.29 is 24.2 Å². The van der Waals surface area contributed by atoms with Crippen molar-refractivity contribution in [3.8, 4) is 17.5 Å². The first-order valence-corrected chi connectivity index (χ1v) is 12.6. The molecule has 5 rings (SSSR count). The van der Waals surface area contributed by atoms with E-state index >= 15 is 0 Å². The summed E-state index contributed by atoms with van der Waals surface area (Å²) in [5.74, 6) is 0.998. The molecule has 1 amide bonds. The number of nitrogens with zero attached hydrogens (tertiary/aromatic N) is 4. The van der Waals surface area contributed by atoms with Crippen LogP contribution in [0, 0.1) is 5.92 Å². The van der Waals surface area contributed by atoms with Crippen molar-refractivity contribution in [1.82, 2.24) is 15.0 Å². The normalized spacial score (nSPS) is 13.5. The summed E-state index contributed by atoms with van der Waals surface area (Å²) in [5, 5.41) is 11.9. The number of carbonyl (C=O) groups is 2. The van der Waals surface area contributed by atoms with Crippen LogP contribution in [0.1, 0.15) is 33.7 Å². The highest BCUT2D eigenvalue weighted by Crippen LogP contribution is 2.24. The molecule has 0 aliphatic carbocycles. The zero-order valence-electron chi connectivity index (χ0n) is 21.1. The maximum Gasteiger partial charge on any atom is 0.335 e. The standard InChI is InChI=1S/C29H27N5O5/c35-27(25-11-14-30-29(33-25)39-23-6-2-1-3-7-23)32-22-9-10-26(31-18-22)34-15-12-20(13-16-34)19-38-24-8-4-5-21(17-24)28(36)37/h1-11,14,17-18,20H,12-13,15-16,19H2,(H,32,35)(H,36,37). The van der Waals surface area contributed by atoms with Crippen LogP contribution < -0.4 is 19.7 Å². The van der Waals surface area contributed by atoms with E-state index in [1.165, 1.54) is 12.3 Å². The summed E-state index contributed by atoms with van der Waals surface area (Å²) in [6.45, 7) is 2.19. The molecular formula is C29H27N5O5. The average Bonchev–Trinajstić information content (AvgIpc) is 2.97. The number of piperidine rings is 1. The zero-order chi connectivity index (χ0) is 27.0. The van der Waals surface area contributed by atoms with Gasteiger partial charge in [0.15, 0.2) is 0 Å². The van der Waals surface area contributed by atoms with Gasteiger partial charge in [-0.3, -0.25) is 4.79 Å². The molecular weight excluding hydrogens is 498 g/mol. The van der Waals surface area contributed by atoms with Gasteiger partial charge in [-0.2, -0.15) is 4.98 Å². The van der Waals surface area contributed by atoms with E-state index < -0.39 is 5.97 Å². The number of aromatic carboxylic acids is 1. The van der Waals surface area contributed by atoms with Crippen molar-refractivity contribution >= 4 is 23.4 Å². The highest BCUT2D eigenvalue weighted by molar-refractivity contribution is 6.02. The van der Waals surface area contributed by atoms with Gasteiger partial charge in [-0.25, -0.2) is 14.8 Å². The molecule has 39 heavy (non-hydrogen) atoms. The number of amides is 1. The number of anilines is 2. The molecule has 3 heterocycles. The lowest BCUT2D eigenvalue weighted by molar-refractivity contribution is 0.0696. The molecule has 10 nitrogen and oxygen atoms in total. The van der Waals surface area contributed by atoms with E-state index in [2.05, 4.69) is 25.2 Å². The van der Waals surface area contributed by atoms with Gasteiger partial charge in [-0.15, -0.1) is 0 Å². The molecule has 2 aromatic carbocycles. The number of benzene rings is 2. The maximum absolute atomic E-state index is 12.7. The summed E-state index contributed by atoms with van der Waals surface area (Å²) in [7, 11) is 0. The minimum atomic E-state index is -0.969. The Morgan fingerprint density at radius 1 is 0.949 bits per heavy atom. The van der Waals surface area contributed by atoms with Gasteiger partial charge in [0.2, 0.25) is 0 Å². The lowest BCUT2D eigenvalue weighted by atomic mass is 9.98. The molecule has 0 radical (unpaired) electrons. The molecule has 1 aliphatic heterocycles. The third-order valence-corrected chi connectivity index (χ3v) is 6.33. The summed E-state index contributed by atoms with van der Waals surface area (Å²) in [6, 6.07) is 21.0. The quantitative estimate of drug-likeness (QED) is 0.313. The number of carbonyl (C=O) groups excluding carboxylic acids is 1. The molecule has 198 valence electrons. The van der Waals surface area contributed by atoms with Gasteiger partial charge < -0.3 is 24.8 Å². The van der Waals surface area contributed by atoms with Crippen molar-refractivity contribution in [2.24, 2.45) is 5.92 Å². The summed E-state index contributed by atoms with van der Waals surface area (Å²) < 4.78 is 11.5. The number of rotatable bonds is 9. The number of ether oxygens (including phenoxy) is 2. The third-order valence-electron chi connectivity index (χ3n) is 6.33. The first-order valence-electron chi connectivity index (χ1n) is 12.6. The smallest absolute Gasteiger partial charge is 0.335 e. The van der Waals surface area contributed by atoms with Crippen LogP contribution in [-0.4, -0.2) is 51.6 Å². The molecule has 10 heteroatoms. The van der Waals surface area contributed by atoms with E-state index in [0.717, 1.165) is 31.7 Å². The van der Waals surface area contributed by atoms with Crippen LogP contribution in [0.2, 0.25) is 0 Å². The zero-order valence-corrected chi connectivity index (χ0v) is 21.1. The van der Waals surface area contributed by atoms with Gasteiger partial charge in [-0.05, 0) is 67.3 Å². The summed E-state index contributed by atoms with van der Waals surface area (Å²) in [5.41, 5.74) is 0.950. The second-order valence-electron chi connectivity index (χ2n) is 9.07. The van der Waals surface area contributed by atoms with Gasteiger partial charge in [0.05, 0.1) is 24.1 Å². The number of para-hydroxylation sites is 1. The molecule has 0 bridgehead atoms. The van der Waals surface area contributed by atoms with Gasteiger partial charge in [-0.1, -0.05) is 24.3 Å². The number of hydrogen-bond donors (Lipinski definition) is 2. The Balaban J connectivity index is 1.11. The van der Waals surface area contributed by atoms with E-state index in [0.29, 0.717) is 29.7 Å². The van der Waals surface area contributed by atoms with Crippen LogP contribution >= 0.6 is 0 Å². The summed E-state index contributed by atoms with van der Waals surface area (Å²) >= 11 is 0. The van der Waals surface area contributed by atoms with Crippen molar-refractivity contribution in [1.29, 1.82) is 0 Å². The Morgan fingerprint density at radius 3 is 2.49 bits per heavy atom. The van der Waals surface area contributed by atoms with Crippen molar-refractivity contribution in [2.75, 3.05) is 29.9 Å². The number of pyridine rings is 1. The SMILES string of the molecule is O=C(O)c1cccc(OCC2CCN(c3ccc(NC(=O)c4ccnc(Oc5ccccc5)n4)cn3)CC2)c1. The van der Waals surface area contributed by atoms with Crippen LogP contribution in [0.15, 0.2) is 85.2 Å². The number of hydrogen-bond acceptors (Lipinski definition) is 8. The van der Waals surface area contributed by atoms with Gasteiger partial charge in [0.25, 0.3) is 5.91 Å². The Labute approximate surface area is 225 Å². The fourth-order valence-electron chi connectivity index (χ4n) is 4.21. The maximum atomic E-state index is 12.7. The van der Waals surface area contributed by atoms with Gasteiger partial charge in [0, 0.05) is 19.3 Å². The average molecular weight is 526 g/mol. The number of aromatic nitrogens is 3. The monoisotopic (exact) mass is 525 g/mol. The Hall–Kier alpha value is -4.99. The fraction of sp³-hybridized carbons (Fsp3) is 0.207. The second kappa shape index (κ2) is 12.0. The molecule has 0 unspecified atom stereocenters. The molecule has 0 spiro atoms. The Bertz CT molecular complexity index is 1420. The first kappa shape index (κ1) is 25.7. The molecule has 0 saturated carbocycles. The van der Waals surface area contributed by atoms with Crippen LogP contribution in [0.5, 0.6) is 17.5 Å². The number of carboxylic acid groups (broad SMARTS) is 1. The fourth-order valence-corrected chi connectivity index (χ4v) is 4.21. The highest BCUT2D eigenvalue weighted by atomic mass is 16.5. The van der Waals surface area contributed by atoms with Crippen LogP contribution in [-0.2, 0) is 0 Å². The van der Waals surface area contributed by atoms with E-state index in [1.54, 1.807) is 42.6 Å². The van der Waals surface area contributed by atoms with E-state index in [1.807, 2.05) is 30.3 Å². The van der Waals surface area contributed by atoms with Crippen molar-refractivity contribution in [3.63, 3.8) is 0 Å². The largest absolute Gasteiger partial charge is 0.493 e. The Kier molecular flexibility index (Phi) is 7.92. The molecule has 2 N–H and O–H groups in total. The molecule has 1 aliphatic rings. The summed E-state index contributed by atoms with van der Waals surface area (Å²) in [6.07, 6.45) is 4.96. The van der Waals surface area contributed by atoms with E-state index in [9.17, 15) is 9.59 Å². The van der Waals surface area contributed by atoms with E-state index in [4.69, 9.17) is 14.6 Å². The molecule has 2 aromatic heterocycles. The lowest BCUT2D eigenvalue weighted by Crippen LogP contribution is -2.36. The number of carboxylic acids is 1. The summed E-state index contributed by atoms with van der Waals surface area (Å²) in [4.78, 5) is 38.9. The van der Waals surface area contributed by atoms with Crippen LogP contribution in [0.4, 0.5) is 11.5 Å². The molecule has 4 aromatic rings. The van der Waals surface area contributed by atoms with Crippen molar-refractivity contribution in [2.45, 2.75) is 12.8 Å². The Morgan fingerprint density at radius 2 is 1.74 bits per heavy atom. The van der Waals surface area contributed by atoms with Gasteiger partial charge >= 0.3 is 12.0 Å². The predicted octanol–water partition coefficient (Wildman–Crippen LogP) is 4.91. The predicted molar refractivity (Wildman–Crippen MR) is 145 cm³/mol. The third kappa shape index (κ3) is 6.86. The topological polar surface area (TPSA) is 127 Å². The highest BCUT2D eigenvalue weighted by Gasteiger charge is 2.21. The number of nitrogens with one attached hydrogen (secondary N) is 1. The lowest BCUT2D eigenvalue weighted by Gasteiger charge is -2.32. The minimum absolute atomic E-state index is 0.0879. The van der Waals surface area contributed by atoms with Gasteiger partial charge in [0.1, 0.15) is 23.0 Å². The van der Waals surface area contributed by atoms with Crippen LogP contribution in [0.3, 0.4) is 0 Å².